The molecule has 1 aliphatic heterocycles. The van der Waals surface area contributed by atoms with Gasteiger partial charge in [-0.25, -0.2) is 0 Å². The highest BCUT2D eigenvalue weighted by molar-refractivity contribution is 6.35. The molecule has 0 atom stereocenters. The first-order valence-corrected chi connectivity index (χ1v) is 11.6. The highest BCUT2D eigenvalue weighted by Crippen LogP contribution is 2.28. The van der Waals surface area contributed by atoms with Crippen LogP contribution in [0.5, 0.6) is 0 Å². The zero-order valence-electron chi connectivity index (χ0n) is 17.6. The Morgan fingerprint density at radius 3 is 2.29 bits per heavy atom. The second-order valence-corrected chi connectivity index (χ2v) is 8.87. The highest BCUT2D eigenvalue weighted by Gasteiger charge is 2.17. The van der Waals surface area contributed by atoms with E-state index in [1.165, 1.54) is 0 Å². The van der Waals surface area contributed by atoms with Crippen LogP contribution in [0.4, 0.5) is 11.4 Å². The number of unbranched alkanes of at least 4 members (excludes halogenated alkanes) is 1. The zero-order chi connectivity index (χ0) is 21.6. The summed E-state index contributed by atoms with van der Waals surface area (Å²) >= 11 is 12.3. The summed E-state index contributed by atoms with van der Waals surface area (Å²) in [6, 6.07) is 18.0. The predicted molar refractivity (Wildman–Crippen MR) is 132 cm³/mol. The maximum Gasteiger partial charge on any atom is 0.0638 e. The van der Waals surface area contributed by atoms with Crippen LogP contribution in [0.25, 0.3) is 11.1 Å². The summed E-state index contributed by atoms with van der Waals surface area (Å²) in [6.07, 6.45) is 5.00. The summed E-state index contributed by atoms with van der Waals surface area (Å²) in [5.74, 6) is 0. The first-order chi connectivity index (χ1) is 15.1. The summed E-state index contributed by atoms with van der Waals surface area (Å²) in [5.41, 5.74) is 11.6. The molecule has 0 aliphatic carbocycles. The molecule has 2 heterocycles. The Labute approximate surface area is 194 Å². The van der Waals surface area contributed by atoms with Crippen molar-refractivity contribution in [3.8, 4) is 11.1 Å². The summed E-state index contributed by atoms with van der Waals surface area (Å²) in [4.78, 5) is 9.42. The van der Waals surface area contributed by atoms with E-state index < -0.39 is 0 Å². The SMILES string of the molecule is Nc1c(-c2ccccc2)ccnc1CCCCN1CCN(c2cc(Cl)cc(Cl)c2)CC1. The van der Waals surface area contributed by atoms with Gasteiger partial charge < -0.3 is 10.6 Å². The van der Waals surface area contributed by atoms with Crippen LogP contribution in [-0.4, -0.2) is 42.6 Å². The van der Waals surface area contributed by atoms with E-state index >= 15 is 0 Å². The van der Waals surface area contributed by atoms with E-state index in [4.69, 9.17) is 28.9 Å². The fourth-order valence-corrected chi connectivity index (χ4v) is 4.68. The number of anilines is 2. The molecule has 1 fully saturated rings. The maximum absolute atomic E-state index is 6.43. The van der Waals surface area contributed by atoms with Gasteiger partial charge in [0.2, 0.25) is 0 Å². The van der Waals surface area contributed by atoms with Gasteiger partial charge in [-0.1, -0.05) is 53.5 Å². The lowest BCUT2D eigenvalue weighted by Gasteiger charge is -2.36. The van der Waals surface area contributed by atoms with Crippen LogP contribution in [-0.2, 0) is 6.42 Å². The minimum atomic E-state index is 0.689. The van der Waals surface area contributed by atoms with Crippen LogP contribution in [0.3, 0.4) is 0 Å². The van der Waals surface area contributed by atoms with Gasteiger partial charge in [-0.05, 0) is 55.6 Å². The van der Waals surface area contributed by atoms with Crippen LogP contribution < -0.4 is 10.6 Å². The van der Waals surface area contributed by atoms with Crippen molar-refractivity contribution >= 4 is 34.6 Å². The van der Waals surface area contributed by atoms with Gasteiger partial charge in [-0.15, -0.1) is 0 Å². The molecule has 1 aliphatic rings. The minimum Gasteiger partial charge on any atom is -0.397 e. The van der Waals surface area contributed by atoms with Gasteiger partial charge in [0.25, 0.3) is 0 Å². The molecule has 3 aromatic rings. The van der Waals surface area contributed by atoms with Crippen LogP contribution in [0, 0.1) is 0 Å². The number of nitrogens with two attached hydrogens (primary N) is 1. The predicted octanol–water partition coefficient (Wildman–Crippen LogP) is 5.78. The van der Waals surface area contributed by atoms with Crippen molar-refractivity contribution in [1.29, 1.82) is 0 Å². The molecule has 0 bridgehead atoms. The minimum absolute atomic E-state index is 0.689. The van der Waals surface area contributed by atoms with Crippen LogP contribution >= 0.6 is 23.2 Å². The summed E-state index contributed by atoms with van der Waals surface area (Å²) < 4.78 is 0. The van der Waals surface area contributed by atoms with Crippen LogP contribution in [0.2, 0.25) is 10.0 Å². The number of piperazine rings is 1. The Hall–Kier alpha value is -2.27. The summed E-state index contributed by atoms with van der Waals surface area (Å²) in [5, 5.41) is 1.38. The number of benzene rings is 2. The number of rotatable bonds is 7. The van der Waals surface area contributed by atoms with Gasteiger partial charge in [0.1, 0.15) is 0 Å². The van der Waals surface area contributed by atoms with Crippen molar-refractivity contribution < 1.29 is 0 Å². The van der Waals surface area contributed by atoms with Crippen molar-refractivity contribution in [1.82, 2.24) is 9.88 Å². The molecule has 0 saturated carbocycles. The zero-order valence-corrected chi connectivity index (χ0v) is 19.1. The smallest absolute Gasteiger partial charge is 0.0638 e. The number of pyridine rings is 1. The van der Waals surface area contributed by atoms with E-state index in [1.807, 2.05) is 42.6 Å². The van der Waals surface area contributed by atoms with Gasteiger partial charge in [0.05, 0.1) is 11.4 Å². The van der Waals surface area contributed by atoms with Gasteiger partial charge in [0, 0.05) is 53.7 Å². The largest absolute Gasteiger partial charge is 0.397 e. The Bertz CT molecular complexity index is 981. The van der Waals surface area contributed by atoms with Crippen molar-refractivity contribution in [3.05, 3.63) is 76.5 Å². The van der Waals surface area contributed by atoms with Crippen molar-refractivity contribution in [2.24, 2.45) is 0 Å². The van der Waals surface area contributed by atoms with Gasteiger partial charge >= 0.3 is 0 Å². The Morgan fingerprint density at radius 2 is 1.58 bits per heavy atom. The molecular formula is C25H28Cl2N4. The maximum atomic E-state index is 6.43. The van der Waals surface area contributed by atoms with E-state index in [0.29, 0.717) is 10.0 Å². The third-order valence-corrected chi connectivity index (χ3v) is 6.32. The lowest BCUT2D eigenvalue weighted by atomic mass is 10.0. The van der Waals surface area contributed by atoms with E-state index in [1.54, 1.807) is 6.07 Å². The van der Waals surface area contributed by atoms with Crippen molar-refractivity contribution in [3.63, 3.8) is 0 Å². The Kier molecular flexibility index (Phi) is 7.33. The van der Waals surface area contributed by atoms with E-state index in [2.05, 4.69) is 26.9 Å². The highest BCUT2D eigenvalue weighted by atomic mass is 35.5. The molecule has 2 aromatic carbocycles. The number of nitrogen functional groups attached to an aromatic ring is 1. The fourth-order valence-electron chi connectivity index (χ4n) is 4.16. The average molecular weight is 455 g/mol. The molecule has 31 heavy (non-hydrogen) atoms. The number of aromatic nitrogens is 1. The van der Waals surface area contributed by atoms with E-state index in [0.717, 1.165) is 80.2 Å². The van der Waals surface area contributed by atoms with Crippen molar-refractivity contribution in [2.45, 2.75) is 19.3 Å². The van der Waals surface area contributed by atoms with Gasteiger partial charge in [-0.2, -0.15) is 0 Å². The first-order valence-electron chi connectivity index (χ1n) is 10.8. The lowest BCUT2D eigenvalue weighted by molar-refractivity contribution is 0.253. The fraction of sp³-hybridized carbons (Fsp3) is 0.320. The second kappa shape index (κ2) is 10.4. The Balaban J connectivity index is 1.24. The molecular weight excluding hydrogens is 427 g/mol. The molecule has 0 spiro atoms. The molecule has 162 valence electrons. The van der Waals surface area contributed by atoms with E-state index in [9.17, 15) is 0 Å². The standard InChI is InChI=1S/C25H28Cl2N4/c26-20-16-21(27)18-22(17-20)31-14-12-30(13-15-31)11-5-4-8-24-25(28)23(9-10-29-24)19-6-2-1-3-7-19/h1-3,6-7,9-10,16-18H,4-5,8,11-15,28H2. The summed E-state index contributed by atoms with van der Waals surface area (Å²) in [7, 11) is 0. The third-order valence-electron chi connectivity index (χ3n) is 5.88. The van der Waals surface area contributed by atoms with Crippen LogP contribution in [0.15, 0.2) is 60.8 Å². The quantitative estimate of drug-likeness (QED) is 0.459. The summed E-state index contributed by atoms with van der Waals surface area (Å²) in [6.45, 7) is 5.18. The number of hydrogen-bond donors (Lipinski definition) is 1. The van der Waals surface area contributed by atoms with Gasteiger partial charge in [-0.3, -0.25) is 9.88 Å². The Morgan fingerprint density at radius 1 is 0.871 bits per heavy atom. The molecule has 0 amide bonds. The molecule has 1 saturated heterocycles. The molecule has 4 rings (SSSR count). The van der Waals surface area contributed by atoms with Crippen molar-refractivity contribution in [2.75, 3.05) is 43.4 Å². The lowest BCUT2D eigenvalue weighted by Crippen LogP contribution is -2.46. The van der Waals surface area contributed by atoms with E-state index in [-0.39, 0.29) is 0 Å². The third kappa shape index (κ3) is 5.70. The molecule has 0 unspecified atom stereocenters. The normalized spacial score (nSPS) is 14.7. The number of halogens is 2. The van der Waals surface area contributed by atoms with Crippen LogP contribution in [0.1, 0.15) is 18.5 Å². The number of aryl methyl sites for hydroxylation is 1. The first kappa shape index (κ1) is 21.9. The number of hydrogen-bond acceptors (Lipinski definition) is 4. The monoisotopic (exact) mass is 454 g/mol. The molecule has 2 N–H and O–H groups in total. The molecule has 6 heteroatoms. The average Bonchev–Trinajstić information content (AvgIpc) is 2.78. The second-order valence-electron chi connectivity index (χ2n) is 8.00. The molecule has 0 radical (unpaired) electrons. The topological polar surface area (TPSA) is 45.4 Å². The van der Waals surface area contributed by atoms with Gasteiger partial charge in [0.15, 0.2) is 0 Å². The molecule has 1 aromatic heterocycles. The number of nitrogens with zero attached hydrogens (tertiary/aromatic N) is 3. The molecule has 4 nitrogen and oxygen atoms in total.